The molecule has 2 nitrogen and oxygen atoms in total. The number of allylic oxidation sites excluding steroid dienone is 1. The van der Waals surface area contributed by atoms with Crippen LogP contribution in [0.3, 0.4) is 0 Å². The van der Waals surface area contributed by atoms with Crippen molar-refractivity contribution in [3.63, 3.8) is 0 Å². The molecule has 1 unspecified atom stereocenters. The Labute approximate surface area is 92.2 Å². The van der Waals surface area contributed by atoms with Gasteiger partial charge in [0.25, 0.3) is 0 Å². The molecule has 0 fully saturated rings. The molecular weight excluding hydrogens is 219 g/mol. The van der Waals surface area contributed by atoms with Crippen LogP contribution in [0.25, 0.3) is 0 Å². The van der Waals surface area contributed by atoms with Crippen molar-refractivity contribution < 1.29 is 0 Å². The standard InChI is InChI=1S/C10H8Cl2N2/c11-8-6-9(12)14-10(13-8)7-4-2-1-3-5-7/h1-6,10,13H. The van der Waals surface area contributed by atoms with Crippen LogP contribution in [-0.4, -0.2) is 5.17 Å². The number of aliphatic imine (C=N–C) groups is 1. The van der Waals surface area contributed by atoms with E-state index in [0.717, 1.165) is 5.56 Å². The molecule has 1 aromatic rings. The number of hydrogen-bond acceptors (Lipinski definition) is 2. The second-order valence-electron chi connectivity index (χ2n) is 2.90. The number of halogens is 2. The lowest BCUT2D eigenvalue weighted by Crippen LogP contribution is -2.21. The molecule has 2 rings (SSSR count). The second-order valence-corrected chi connectivity index (χ2v) is 3.70. The van der Waals surface area contributed by atoms with Crippen molar-refractivity contribution in [2.24, 2.45) is 4.99 Å². The first-order chi connectivity index (χ1) is 6.75. The van der Waals surface area contributed by atoms with Gasteiger partial charge in [0.2, 0.25) is 0 Å². The lowest BCUT2D eigenvalue weighted by molar-refractivity contribution is 0.642. The molecule has 1 aliphatic rings. The van der Waals surface area contributed by atoms with E-state index in [1.165, 1.54) is 0 Å². The first-order valence-electron chi connectivity index (χ1n) is 4.18. The molecule has 72 valence electrons. The van der Waals surface area contributed by atoms with Crippen molar-refractivity contribution in [1.82, 2.24) is 5.32 Å². The molecule has 14 heavy (non-hydrogen) atoms. The summed E-state index contributed by atoms with van der Waals surface area (Å²) in [6.45, 7) is 0. The van der Waals surface area contributed by atoms with Crippen LogP contribution in [0, 0.1) is 0 Å². The van der Waals surface area contributed by atoms with E-state index in [9.17, 15) is 0 Å². The summed E-state index contributed by atoms with van der Waals surface area (Å²) in [6, 6.07) is 9.80. The minimum absolute atomic E-state index is 0.179. The maximum Gasteiger partial charge on any atom is 0.147 e. The van der Waals surface area contributed by atoms with E-state index < -0.39 is 0 Å². The lowest BCUT2D eigenvalue weighted by atomic mass is 10.2. The Bertz CT molecular complexity index is 384. The van der Waals surface area contributed by atoms with Gasteiger partial charge in [0.15, 0.2) is 0 Å². The number of nitrogens with one attached hydrogen (secondary N) is 1. The second kappa shape index (κ2) is 4.03. The Morgan fingerprint density at radius 3 is 2.50 bits per heavy atom. The Hall–Kier alpha value is -0.990. The summed E-state index contributed by atoms with van der Waals surface area (Å²) in [6.07, 6.45) is 1.41. The van der Waals surface area contributed by atoms with Gasteiger partial charge in [-0.1, -0.05) is 53.5 Å². The molecular formula is C10H8Cl2N2. The summed E-state index contributed by atoms with van der Waals surface area (Å²) in [5, 5.41) is 3.95. The summed E-state index contributed by atoms with van der Waals surface area (Å²) in [4.78, 5) is 4.21. The van der Waals surface area contributed by atoms with Gasteiger partial charge in [0.05, 0.1) is 0 Å². The largest absolute Gasteiger partial charge is 0.351 e. The van der Waals surface area contributed by atoms with Crippen molar-refractivity contribution in [2.75, 3.05) is 0 Å². The Morgan fingerprint density at radius 2 is 1.86 bits per heavy atom. The van der Waals surface area contributed by atoms with Gasteiger partial charge in [-0.25, -0.2) is 4.99 Å². The third kappa shape index (κ3) is 2.08. The van der Waals surface area contributed by atoms with E-state index in [0.29, 0.717) is 10.3 Å². The molecule has 1 N–H and O–H groups in total. The summed E-state index contributed by atoms with van der Waals surface area (Å²) in [5.41, 5.74) is 1.04. The number of benzene rings is 1. The van der Waals surface area contributed by atoms with E-state index >= 15 is 0 Å². The maximum absolute atomic E-state index is 5.84. The predicted molar refractivity (Wildman–Crippen MR) is 59.5 cm³/mol. The Balaban J connectivity index is 2.27. The molecule has 1 aliphatic heterocycles. The zero-order valence-corrected chi connectivity index (χ0v) is 8.76. The Kier molecular flexibility index (Phi) is 2.75. The highest BCUT2D eigenvalue weighted by molar-refractivity contribution is 6.69. The third-order valence-corrected chi connectivity index (χ3v) is 2.31. The fourth-order valence-corrected chi connectivity index (χ4v) is 1.73. The SMILES string of the molecule is ClC1=CC(Cl)=NC(c2ccccc2)N1. The number of hydrogen-bond donors (Lipinski definition) is 1. The number of rotatable bonds is 1. The molecule has 0 amide bonds. The van der Waals surface area contributed by atoms with Crippen LogP contribution in [0.2, 0.25) is 0 Å². The molecule has 0 saturated carbocycles. The third-order valence-electron chi connectivity index (χ3n) is 1.89. The lowest BCUT2D eigenvalue weighted by Gasteiger charge is -2.19. The topological polar surface area (TPSA) is 24.4 Å². The van der Waals surface area contributed by atoms with E-state index in [-0.39, 0.29) is 6.17 Å². The van der Waals surface area contributed by atoms with Crippen molar-refractivity contribution in [2.45, 2.75) is 6.17 Å². The summed E-state index contributed by atoms with van der Waals surface area (Å²) in [7, 11) is 0. The van der Waals surface area contributed by atoms with Crippen LogP contribution < -0.4 is 5.32 Å². The monoisotopic (exact) mass is 226 g/mol. The van der Waals surface area contributed by atoms with Gasteiger partial charge in [-0.3, -0.25) is 0 Å². The summed E-state index contributed by atoms with van der Waals surface area (Å²) >= 11 is 11.6. The first-order valence-corrected chi connectivity index (χ1v) is 4.93. The normalized spacial score (nSPS) is 20.9. The van der Waals surface area contributed by atoms with E-state index in [1.54, 1.807) is 6.08 Å². The maximum atomic E-state index is 5.84. The van der Waals surface area contributed by atoms with Gasteiger partial charge in [-0.2, -0.15) is 0 Å². The highest BCUT2D eigenvalue weighted by Crippen LogP contribution is 2.21. The van der Waals surface area contributed by atoms with Crippen molar-refractivity contribution in [3.8, 4) is 0 Å². The fraction of sp³-hybridized carbons (Fsp3) is 0.100. The van der Waals surface area contributed by atoms with Crippen LogP contribution in [0.4, 0.5) is 0 Å². The summed E-state index contributed by atoms with van der Waals surface area (Å²) in [5.74, 6) is 0. The van der Waals surface area contributed by atoms with Crippen LogP contribution in [0.5, 0.6) is 0 Å². The van der Waals surface area contributed by atoms with Crippen molar-refractivity contribution in [1.29, 1.82) is 0 Å². The molecule has 0 radical (unpaired) electrons. The highest BCUT2D eigenvalue weighted by atomic mass is 35.5. The predicted octanol–water partition coefficient (Wildman–Crippen LogP) is 3.01. The molecule has 4 heteroatoms. The van der Waals surface area contributed by atoms with Gasteiger partial charge < -0.3 is 5.32 Å². The van der Waals surface area contributed by atoms with Gasteiger partial charge in [0.1, 0.15) is 16.5 Å². The molecule has 1 heterocycles. The van der Waals surface area contributed by atoms with Crippen LogP contribution in [0.1, 0.15) is 11.7 Å². The van der Waals surface area contributed by atoms with Crippen molar-refractivity contribution in [3.05, 3.63) is 47.1 Å². The molecule has 0 spiro atoms. The molecule has 0 aliphatic carbocycles. The molecule has 1 aromatic carbocycles. The average molecular weight is 227 g/mol. The van der Waals surface area contributed by atoms with Gasteiger partial charge in [-0.15, -0.1) is 0 Å². The minimum atomic E-state index is -0.179. The molecule has 0 saturated heterocycles. The number of nitrogens with zero attached hydrogens (tertiary/aromatic N) is 1. The van der Waals surface area contributed by atoms with Crippen LogP contribution >= 0.6 is 23.2 Å². The zero-order valence-electron chi connectivity index (χ0n) is 7.24. The summed E-state index contributed by atoms with van der Waals surface area (Å²) < 4.78 is 0. The van der Waals surface area contributed by atoms with E-state index in [2.05, 4.69) is 10.3 Å². The molecule has 0 aromatic heterocycles. The minimum Gasteiger partial charge on any atom is -0.351 e. The molecule has 0 bridgehead atoms. The smallest absolute Gasteiger partial charge is 0.147 e. The van der Waals surface area contributed by atoms with Crippen molar-refractivity contribution >= 4 is 28.4 Å². The fourth-order valence-electron chi connectivity index (χ4n) is 1.26. The Morgan fingerprint density at radius 1 is 1.14 bits per heavy atom. The zero-order chi connectivity index (χ0) is 9.97. The van der Waals surface area contributed by atoms with E-state index in [1.807, 2.05) is 30.3 Å². The van der Waals surface area contributed by atoms with Gasteiger partial charge in [0, 0.05) is 6.08 Å². The van der Waals surface area contributed by atoms with Gasteiger partial charge in [-0.05, 0) is 5.56 Å². The van der Waals surface area contributed by atoms with E-state index in [4.69, 9.17) is 23.2 Å². The quantitative estimate of drug-likeness (QED) is 0.732. The first kappa shape index (κ1) is 9.56. The van der Waals surface area contributed by atoms with Crippen LogP contribution in [-0.2, 0) is 0 Å². The van der Waals surface area contributed by atoms with Crippen LogP contribution in [0.15, 0.2) is 46.6 Å². The highest BCUT2D eigenvalue weighted by Gasteiger charge is 2.14. The van der Waals surface area contributed by atoms with Gasteiger partial charge >= 0.3 is 0 Å². The molecule has 1 atom stereocenters. The average Bonchev–Trinajstić information content (AvgIpc) is 2.18.